The van der Waals surface area contributed by atoms with E-state index in [4.69, 9.17) is 24.2 Å². The van der Waals surface area contributed by atoms with Gasteiger partial charge in [-0.3, -0.25) is 9.88 Å². The molecule has 2 aliphatic carbocycles. The fourth-order valence-corrected chi connectivity index (χ4v) is 11.5. The Morgan fingerprint density at radius 3 is 2.72 bits per heavy atom. The second-order valence-corrected chi connectivity index (χ2v) is 18.1. The SMILES string of the molecule is CCc1c(F)ccc2cc(O)cc(-c3ncc4c(N5CCOC[C@@](C)(O)C5)nc(OCC56CCCC5N(CC57CC(SC)(CO5)C7)CCC6)nc4c3F)c12. The summed E-state index contributed by atoms with van der Waals surface area (Å²) in [5.74, 6) is -0.824. The number of thioether (sulfide) groups is 1. The second-order valence-electron chi connectivity index (χ2n) is 16.8. The number of halogens is 2. The van der Waals surface area contributed by atoms with Crippen molar-refractivity contribution in [2.75, 3.05) is 63.8 Å². The van der Waals surface area contributed by atoms with Crippen LogP contribution in [0.25, 0.3) is 32.9 Å². The molecule has 288 valence electrons. The van der Waals surface area contributed by atoms with Crippen LogP contribution in [0.5, 0.6) is 11.8 Å². The van der Waals surface area contributed by atoms with Crippen molar-refractivity contribution < 1.29 is 33.2 Å². The fourth-order valence-electron chi connectivity index (χ4n) is 10.5. The molecule has 54 heavy (non-hydrogen) atoms. The lowest BCUT2D eigenvalue weighted by Gasteiger charge is -2.51. The molecule has 0 radical (unpaired) electrons. The van der Waals surface area contributed by atoms with E-state index in [0.29, 0.717) is 59.8 Å². The number of phenols is 1. The van der Waals surface area contributed by atoms with E-state index in [-0.39, 0.29) is 57.4 Å². The van der Waals surface area contributed by atoms with Crippen LogP contribution < -0.4 is 9.64 Å². The van der Waals surface area contributed by atoms with Crippen molar-refractivity contribution in [1.29, 1.82) is 0 Å². The first-order valence-electron chi connectivity index (χ1n) is 19.4. The molecule has 0 amide bonds. The van der Waals surface area contributed by atoms with Crippen molar-refractivity contribution in [3.8, 4) is 23.0 Å². The number of hydrogen-bond donors (Lipinski definition) is 2. The van der Waals surface area contributed by atoms with Crippen molar-refractivity contribution in [1.82, 2.24) is 19.9 Å². The maximum absolute atomic E-state index is 17.2. The first-order valence-corrected chi connectivity index (χ1v) is 20.6. The number of nitrogens with zero attached hydrogens (tertiary/aromatic N) is 5. The third-order valence-corrected chi connectivity index (χ3v) is 14.2. The molecule has 4 saturated heterocycles. The summed E-state index contributed by atoms with van der Waals surface area (Å²) in [6.45, 7) is 7.88. The van der Waals surface area contributed by atoms with Crippen LogP contribution in [0.1, 0.15) is 64.4 Å². The van der Waals surface area contributed by atoms with Crippen molar-refractivity contribution in [3.63, 3.8) is 0 Å². The van der Waals surface area contributed by atoms with Crippen LogP contribution in [0, 0.1) is 17.0 Å². The van der Waals surface area contributed by atoms with E-state index in [1.807, 2.05) is 23.6 Å². The summed E-state index contributed by atoms with van der Waals surface area (Å²) in [6, 6.07) is 6.32. The number of likely N-dealkylation sites (tertiary alicyclic amines) is 1. The largest absolute Gasteiger partial charge is 0.508 e. The van der Waals surface area contributed by atoms with Crippen LogP contribution in [-0.4, -0.2) is 111 Å². The molecule has 4 aromatic rings. The Hall–Kier alpha value is -3.36. The van der Waals surface area contributed by atoms with Gasteiger partial charge in [-0.2, -0.15) is 21.7 Å². The number of fused-ring (bicyclic) bond motifs is 4. The Balaban J connectivity index is 1.10. The summed E-state index contributed by atoms with van der Waals surface area (Å²) in [5, 5.41) is 23.3. The van der Waals surface area contributed by atoms with Gasteiger partial charge in [-0.15, -0.1) is 0 Å². The molecule has 10 rings (SSSR count). The van der Waals surface area contributed by atoms with Crippen LogP contribution in [0.2, 0.25) is 0 Å². The van der Waals surface area contributed by atoms with Gasteiger partial charge in [0.15, 0.2) is 5.82 Å². The van der Waals surface area contributed by atoms with Crippen LogP contribution in [-0.2, 0) is 15.9 Å². The Morgan fingerprint density at radius 2 is 1.93 bits per heavy atom. The topological polar surface area (TPSA) is 113 Å². The van der Waals surface area contributed by atoms with Crippen molar-refractivity contribution in [3.05, 3.63) is 47.7 Å². The number of ether oxygens (including phenoxy) is 3. The van der Waals surface area contributed by atoms with Gasteiger partial charge in [-0.05, 0) is 99.2 Å². The number of pyridine rings is 1. The monoisotopic (exact) mass is 761 g/mol. The molecule has 2 bridgehead atoms. The maximum Gasteiger partial charge on any atom is 0.319 e. The first kappa shape index (κ1) is 36.3. The molecule has 6 aliphatic rings. The average Bonchev–Trinajstić information content (AvgIpc) is 3.81. The molecule has 10 nitrogen and oxygen atoms in total. The number of aryl methyl sites for hydroxylation is 1. The summed E-state index contributed by atoms with van der Waals surface area (Å²) < 4.78 is 51.4. The summed E-state index contributed by atoms with van der Waals surface area (Å²) in [7, 11) is 0. The van der Waals surface area contributed by atoms with Crippen molar-refractivity contribution in [2.24, 2.45) is 5.41 Å². The summed E-state index contributed by atoms with van der Waals surface area (Å²) >= 11 is 1.94. The highest BCUT2D eigenvalue weighted by Crippen LogP contribution is 2.59. The van der Waals surface area contributed by atoms with Gasteiger partial charge in [0.1, 0.15) is 34.2 Å². The Bertz CT molecular complexity index is 2110. The minimum atomic E-state index is -1.18. The van der Waals surface area contributed by atoms with Crippen LogP contribution in [0.3, 0.4) is 0 Å². The number of hydrogen-bond acceptors (Lipinski definition) is 11. The highest BCUT2D eigenvalue weighted by atomic mass is 32.2. The minimum Gasteiger partial charge on any atom is -0.508 e. The highest BCUT2D eigenvalue weighted by Gasteiger charge is 2.63. The zero-order valence-electron chi connectivity index (χ0n) is 31.3. The molecular weight excluding hydrogens is 713 g/mol. The molecular formula is C41H49F2N5O5S. The quantitative estimate of drug-likeness (QED) is 0.191. The van der Waals surface area contributed by atoms with Gasteiger partial charge in [0, 0.05) is 41.1 Å². The fraction of sp³-hybridized carbons (Fsp3) is 0.585. The zero-order chi connectivity index (χ0) is 37.5. The lowest BCUT2D eigenvalue weighted by Crippen LogP contribution is -2.59. The molecule has 6 fully saturated rings. The van der Waals surface area contributed by atoms with E-state index in [2.05, 4.69) is 16.1 Å². The molecule has 2 unspecified atom stereocenters. The number of aliphatic hydroxyl groups is 1. The summed E-state index contributed by atoms with van der Waals surface area (Å²) in [4.78, 5) is 18.8. The van der Waals surface area contributed by atoms with Crippen LogP contribution in [0.4, 0.5) is 14.6 Å². The third-order valence-electron chi connectivity index (χ3n) is 12.9. The van der Waals surface area contributed by atoms with Gasteiger partial charge in [0.2, 0.25) is 0 Å². The number of β-amino-alcohol motifs (C(OH)–C–C–N with tert-alkyl or cyclic N) is 1. The molecule has 2 N–H and O–H groups in total. The molecule has 2 aromatic carbocycles. The smallest absolute Gasteiger partial charge is 0.319 e. The van der Waals surface area contributed by atoms with Gasteiger partial charge >= 0.3 is 6.01 Å². The average molecular weight is 762 g/mol. The van der Waals surface area contributed by atoms with Crippen LogP contribution >= 0.6 is 11.8 Å². The Labute approximate surface area is 318 Å². The maximum atomic E-state index is 17.2. The standard InChI is InChI=1S/C41H49F2N5O5S/c1-4-27-30(42)9-8-25-15-26(49)16-28(32(25)27)34-33(43)35-29(17-44-34)36(48-13-14-51-22-38(2,50)20-48)46-37(45-35)52-23-39-10-5-7-31(39)47(12-6-11-39)21-40-18-41(19-40,54-3)24-53-40/h8-9,15-17,31,49-50H,4-7,10-14,18-24H2,1-3H3/t31?,38-,39?,40?,41?/m0/s1. The van der Waals surface area contributed by atoms with E-state index in [0.717, 1.165) is 64.6 Å². The molecule has 6 heterocycles. The minimum absolute atomic E-state index is 0.00115. The molecule has 4 aliphatic heterocycles. The number of aromatic nitrogens is 3. The lowest BCUT2D eigenvalue weighted by atomic mass is 9.71. The number of rotatable bonds is 9. The first-order chi connectivity index (χ1) is 26.0. The number of anilines is 1. The molecule has 2 aromatic heterocycles. The molecule has 3 atom stereocenters. The normalized spacial score (nSPS) is 31.1. The zero-order valence-corrected chi connectivity index (χ0v) is 32.1. The summed E-state index contributed by atoms with van der Waals surface area (Å²) in [6.07, 6.45) is 11.7. The number of aromatic hydroxyl groups is 1. The van der Waals surface area contributed by atoms with E-state index < -0.39 is 17.2 Å². The van der Waals surface area contributed by atoms with E-state index in [1.54, 1.807) is 19.1 Å². The third kappa shape index (κ3) is 6.09. The van der Waals surface area contributed by atoms with E-state index in [9.17, 15) is 10.2 Å². The summed E-state index contributed by atoms with van der Waals surface area (Å²) in [5.41, 5.74) is -0.680. The molecule has 2 saturated carbocycles. The van der Waals surface area contributed by atoms with E-state index in [1.165, 1.54) is 18.3 Å². The predicted octanol–water partition coefficient (Wildman–Crippen LogP) is 6.66. The number of phenolic OH excluding ortho intramolecular Hbond substituents is 1. The molecule has 13 heteroatoms. The van der Waals surface area contributed by atoms with E-state index >= 15 is 8.78 Å². The Morgan fingerprint density at radius 1 is 1.09 bits per heavy atom. The van der Waals surface area contributed by atoms with Gasteiger partial charge in [-0.25, -0.2) is 8.78 Å². The van der Waals surface area contributed by atoms with Crippen LogP contribution in [0.15, 0.2) is 30.5 Å². The van der Waals surface area contributed by atoms with Gasteiger partial charge in [-0.1, -0.05) is 19.4 Å². The molecule has 0 spiro atoms. The van der Waals surface area contributed by atoms with Crippen molar-refractivity contribution >= 4 is 39.3 Å². The Kier molecular flexibility index (Phi) is 9.00. The van der Waals surface area contributed by atoms with Gasteiger partial charge < -0.3 is 29.3 Å². The van der Waals surface area contributed by atoms with Gasteiger partial charge in [0.05, 0.1) is 44.0 Å². The second kappa shape index (κ2) is 13.4. The number of piperidine rings is 1. The lowest BCUT2D eigenvalue weighted by molar-refractivity contribution is -0.0708. The van der Waals surface area contributed by atoms with Crippen molar-refractivity contribution in [2.45, 2.75) is 87.2 Å². The predicted molar refractivity (Wildman–Crippen MR) is 205 cm³/mol. The number of benzene rings is 2. The van der Waals surface area contributed by atoms with Gasteiger partial charge in [0.25, 0.3) is 0 Å². The highest BCUT2D eigenvalue weighted by molar-refractivity contribution is 8.00.